The number of phenolic OH excluding ortho intramolecular Hbond substituents is 1. The third-order valence-corrected chi connectivity index (χ3v) is 3.33. The molecule has 0 unspecified atom stereocenters. The molecule has 0 saturated carbocycles. The Morgan fingerprint density at radius 2 is 2.17 bits per heavy atom. The monoisotopic (exact) mass is 314 g/mol. The normalized spacial score (nSPS) is 10.8. The zero-order valence-corrected chi connectivity index (χ0v) is 12.2. The minimum atomic E-state index is -0.665. The van der Waals surface area contributed by atoms with Crippen LogP contribution >= 0.6 is 0 Å². The second-order valence-corrected chi connectivity index (χ2v) is 4.89. The van der Waals surface area contributed by atoms with Crippen LogP contribution in [0.4, 0.5) is 11.4 Å². The largest absolute Gasteiger partial charge is 0.500 e. The Hall–Kier alpha value is -3.29. The van der Waals surface area contributed by atoms with Crippen molar-refractivity contribution >= 4 is 22.4 Å². The van der Waals surface area contributed by atoms with Crippen LogP contribution in [0.5, 0.6) is 11.5 Å². The molecule has 0 aliphatic heterocycles. The first-order valence-corrected chi connectivity index (χ1v) is 6.89. The first kappa shape index (κ1) is 14.6. The molecule has 0 bridgehead atoms. The predicted molar refractivity (Wildman–Crippen MR) is 85.4 cm³/mol. The van der Waals surface area contributed by atoms with Gasteiger partial charge in [-0.25, -0.2) is 4.98 Å². The molecule has 8 heteroatoms. The quantitative estimate of drug-likeness (QED) is 0.386. The van der Waals surface area contributed by atoms with Gasteiger partial charge in [0.15, 0.2) is 5.75 Å². The number of hydrogen-bond acceptors (Lipinski definition) is 6. The number of phenols is 1. The number of fused-ring (bicyclic) bond motifs is 1. The van der Waals surface area contributed by atoms with Gasteiger partial charge in [-0.05, 0) is 31.2 Å². The molecule has 0 aliphatic rings. The Bertz CT molecular complexity index is 904. The van der Waals surface area contributed by atoms with E-state index in [-0.39, 0.29) is 12.4 Å². The number of rotatable bonds is 4. The third kappa shape index (κ3) is 2.61. The summed E-state index contributed by atoms with van der Waals surface area (Å²) in [7, 11) is 0. The maximum atomic E-state index is 11.1. The van der Waals surface area contributed by atoms with Crippen molar-refractivity contribution in [1.29, 1.82) is 0 Å². The van der Waals surface area contributed by atoms with Gasteiger partial charge in [-0.2, -0.15) is 0 Å². The second kappa shape index (κ2) is 5.48. The molecule has 2 aromatic carbocycles. The molecule has 3 rings (SSSR count). The van der Waals surface area contributed by atoms with E-state index in [1.165, 1.54) is 12.1 Å². The Kier molecular flexibility index (Phi) is 3.49. The van der Waals surface area contributed by atoms with E-state index in [1.807, 2.05) is 0 Å². The number of nitro groups is 1. The predicted octanol–water partition coefficient (Wildman–Crippen LogP) is 2.82. The standard InChI is InChI=1S/C15H14N4O4/c1-2-23-13-6-8(5-12(14(13)20)19(21)22)15-17-10-4-3-9(16)7-11(10)18-15/h3-7,20H,2,16H2,1H3,(H,17,18). The lowest BCUT2D eigenvalue weighted by Crippen LogP contribution is -1.96. The number of H-pyrrole nitrogens is 1. The van der Waals surface area contributed by atoms with E-state index >= 15 is 0 Å². The molecule has 8 nitrogen and oxygen atoms in total. The Morgan fingerprint density at radius 1 is 1.39 bits per heavy atom. The number of nitro benzene ring substituents is 1. The molecule has 0 fully saturated rings. The van der Waals surface area contributed by atoms with Crippen molar-refractivity contribution in [2.24, 2.45) is 0 Å². The van der Waals surface area contributed by atoms with Crippen LogP contribution in [0.1, 0.15) is 6.92 Å². The number of aromatic hydroxyl groups is 1. The molecule has 23 heavy (non-hydrogen) atoms. The molecule has 4 N–H and O–H groups in total. The molecule has 3 aromatic rings. The summed E-state index contributed by atoms with van der Waals surface area (Å²) in [5.74, 6) is -0.0349. The number of imidazole rings is 1. The maximum Gasteiger partial charge on any atom is 0.315 e. The average Bonchev–Trinajstić information content (AvgIpc) is 2.92. The number of anilines is 1. The van der Waals surface area contributed by atoms with Gasteiger partial charge in [-0.3, -0.25) is 10.1 Å². The number of nitrogens with two attached hydrogens (primary N) is 1. The van der Waals surface area contributed by atoms with Crippen LogP contribution in [0.15, 0.2) is 30.3 Å². The van der Waals surface area contributed by atoms with Crippen molar-refractivity contribution in [2.45, 2.75) is 6.92 Å². The van der Waals surface area contributed by atoms with Crippen molar-refractivity contribution in [3.8, 4) is 22.9 Å². The fourth-order valence-electron chi connectivity index (χ4n) is 2.30. The summed E-state index contributed by atoms with van der Waals surface area (Å²) in [6.07, 6.45) is 0. The van der Waals surface area contributed by atoms with Crippen LogP contribution in [0.25, 0.3) is 22.4 Å². The number of aromatic amines is 1. The Balaban J connectivity index is 2.18. The molecular weight excluding hydrogens is 300 g/mol. The van der Waals surface area contributed by atoms with Gasteiger partial charge in [0.25, 0.3) is 0 Å². The van der Waals surface area contributed by atoms with Crippen molar-refractivity contribution in [2.75, 3.05) is 12.3 Å². The highest BCUT2D eigenvalue weighted by molar-refractivity contribution is 5.83. The van der Waals surface area contributed by atoms with E-state index in [2.05, 4.69) is 9.97 Å². The molecule has 0 atom stereocenters. The molecule has 0 saturated heterocycles. The van der Waals surface area contributed by atoms with Gasteiger partial charge in [0.05, 0.1) is 22.6 Å². The highest BCUT2D eigenvalue weighted by Gasteiger charge is 2.22. The van der Waals surface area contributed by atoms with Gasteiger partial charge in [-0.1, -0.05) is 0 Å². The number of ether oxygens (including phenoxy) is 1. The second-order valence-electron chi connectivity index (χ2n) is 4.89. The highest BCUT2D eigenvalue weighted by Crippen LogP contribution is 2.40. The fourth-order valence-corrected chi connectivity index (χ4v) is 2.30. The lowest BCUT2D eigenvalue weighted by atomic mass is 10.1. The minimum absolute atomic E-state index is 0.0386. The van der Waals surface area contributed by atoms with E-state index in [9.17, 15) is 15.2 Å². The van der Waals surface area contributed by atoms with E-state index in [0.717, 1.165) is 0 Å². The molecule has 118 valence electrons. The van der Waals surface area contributed by atoms with E-state index < -0.39 is 16.4 Å². The van der Waals surface area contributed by atoms with Gasteiger partial charge >= 0.3 is 5.69 Å². The summed E-state index contributed by atoms with van der Waals surface area (Å²) in [5, 5.41) is 21.0. The molecule has 0 radical (unpaired) electrons. The van der Waals surface area contributed by atoms with Crippen LogP contribution < -0.4 is 10.5 Å². The summed E-state index contributed by atoms with van der Waals surface area (Å²) >= 11 is 0. The topological polar surface area (TPSA) is 127 Å². The van der Waals surface area contributed by atoms with Crippen molar-refractivity contribution in [3.63, 3.8) is 0 Å². The first-order valence-electron chi connectivity index (χ1n) is 6.89. The average molecular weight is 314 g/mol. The summed E-state index contributed by atoms with van der Waals surface area (Å²) in [4.78, 5) is 17.9. The third-order valence-electron chi connectivity index (χ3n) is 3.33. The summed E-state index contributed by atoms with van der Waals surface area (Å²) in [5.41, 5.74) is 7.71. The first-order chi connectivity index (χ1) is 11.0. The number of nitrogens with zero attached hydrogens (tertiary/aromatic N) is 2. The minimum Gasteiger partial charge on any atom is -0.500 e. The number of benzene rings is 2. The smallest absolute Gasteiger partial charge is 0.315 e. The lowest BCUT2D eigenvalue weighted by molar-refractivity contribution is -0.385. The van der Waals surface area contributed by atoms with Gasteiger partial charge in [0.2, 0.25) is 5.75 Å². The number of nitrogen functional groups attached to an aromatic ring is 1. The number of aromatic nitrogens is 2. The molecule has 1 heterocycles. The van der Waals surface area contributed by atoms with E-state index in [1.54, 1.807) is 25.1 Å². The zero-order valence-electron chi connectivity index (χ0n) is 12.2. The van der Waals surface area contributed by atoms with Gasteiger partial charge < -0.3 is 20.6 Å². The summed E-state index contributed by atoms with van der Waals surface area (Å²) in [6, 6.07) is 7.96. The van der Waals surface area contributed by atoms with E-state index in [0.29, 0.717) is 28.1 Å². The molecule has 0 spiro atoms. The molecule has 1 aromatic heterocycles. The van der Waals surface area contributed by atoms with Crippen LogP contribution in [0.3, 0.4) is 0 Å². The zero-order chi connectivity index (χ0) is 16.6. The van der Waals surface area contributed by atoms with Crippen molar-refractivity contribution in [1.82, 2.24) is 9.97 Å². The SMILES string of the molecule is CCOc1cc(-c2nc3ccc(N)cc3[nH]2)cc([N+](=O)[O-])c1O. The summed E-state index contributed by atoms with van der Waals surface area (Å²) < 4.78 is 5.27. The summed E-state index contributed by atoms with van der Waals surface area (Å²) in [6.45, 7) is 1.99. The van der Waals surface area contributed by atoms with Crippen molar-refractivity contribution in [3.05, 3.63) is 40.4 Å². The van der Waals surface area contributed by atoms with Crippen LogP contribution in [-0.4, -0.2) is 26.6 Å². The molecule has 0 amide bonds. The Morgan fingerprint density at radius 3 is 2.87 bits per heavy atom. The van der Waals surface area contributed by atoms with E-state index in [4.69, 9.17) is 10.5 Å². The van der Waals surface area contributed by atoms with Gasteiger partial charge in [0, 0.05) is 17.3 Å². The van der Waals surface area contributed by atoms with Gasteiger partial charge in [-0.15, -0.1) is 0 Å². The highest BCUT2D eigenvalue weighted by atomic mass is 16.6. The number of hydrogen-bond donors (Lipinski definition) is 3. The van der Waals surface area contributed by atoms with Crippen LogP contribution in [-0.2, 0) is 0 Å². The maximum absolute atomic E-state index is 11.1. The molecule has 0 aliphatic carbocycles. The lowest BCUT2D eigenvalue weighted by Gasteiger charge is -2.07. The van der Waals surface area contributed by atoms with Crippen molar-refractivity contribution < 1.29 is 14.8 Å². The van der Waals surface area contributed by atoms with Crippen LogP contribution in [0, 0.1) is 10.1 Å². The van der Waals surface area contributed by atoms with Crippen LogP contribution in [0.2, 0.25) is 0 Å². The Labute approximate surface area is 130 Å². The van der Waals surface area contributed by atoms with Gasteiger partial charge in [0.1, 0.15) is 5.82 Å². The number of nitrogens with one attached hydrogen (secondary N) is 1. The molecular formula is C15H14N4O4. The fraction of sp³-hybridized carbons (Fsp3) is 0.133.